The number of rotatable bonds is 15. The van der Waals surface area contributed by atoms with Crippen molar-refractivity contribution >= 4 is 47.2 Å². The maximum absolute atomic E-state index is 6.01. The van der Waals surface area contributed by atoms with Crippen molar-refractivity contribution < 1.29 is 0 Å². The van der Waals surface area contributed by atoms with E-state index in [0.717, 1.165) is 32.8 Å². The van der Waals surface area contributed by atoms with Crippen molar-refractivity contribution in [1.29, 1.82) is 0 Å². The highest BCUT2D eigenvalue weighted by Gasteiger charge is 2.46. The topological polar surface area (TPSA) is 36.1 Å². The lowest BCUT2D eigenvalue weighted by Gasteiger charge is -2.49. The van der Waals surface area contributed by atoms with E-state index in [-0.39, 0.29) is 34.7 Å². The highest BCUT2D eigenvalue weighted by molar-refractivity contribution is 6.31. The molecule has 3 N–H and O–H groups in total. The Kier molecular flexibility index (Phi) is 25.6. The van der Waals surface area contributed by atoms with Gasteiger partial charge in [-0.15, -0.1) is 12.4 Å². The van der Waals surface area contributed by atoms with Gasteiger partial charge < -0.3 is 16.0 Å². The van der Waals surface area contributed by atoms with Crippen LogP contribution in [-0.2, 0) is 16.2 Å². The van der Waals surface area contributed by atoms with Gasteiger partial charge in [-0.1, -0.05) is 154 Å². The van der Waals surface area contributed by atoms with E-state index in [2.05, 4.69) is 115 Å². The van der Waals surface area contributed by atoms with Crippen molar-refractivity contribution in [3.63, 3.8) is 0 Å². The van der Waals surface area contributed by atoms with Gasteiger partial charge in [-0.3, -0.25) is 0 Å². The normalized spacial score (nSPS) is 18.3. The highest BCUT2D eigenvalue weighted by atomic mass is 35.5. The van der Waals surface area contributed by atoms with Gasteiger partial charge in [0.1, 0.15) is 0 Å². The summed E-state index contributed by atoms with van der Waals surface area (Å²) in [7, 11) is 6.30. The second-order valence-electron chi connectivity index (χ2n) is 18.0. The van der Waals surface area contributed by atoms with E-state index in [1.54, 1.807) is 0 Å². The summed E-state index contributed by atoms with van der Waals surface area (Å²) >= 11 is 18.0. The number of halogens is 4. The van der Waals surface area contributed by atoms with E-state index in [9.17, 15) is 0 Å². The van der Waals surface area contributed by atoms with Crippen LogP contribution in [-0.4, -0.2) is 39.3 Å². The first-order valence-corrected chi connectivity index (χ1v) is 22.2. The molecule has 0 saturated heterocycles. The molecular weight excluding hydrogens is 796 g/mol. The quantitative estimate of drug-likeness (QED) is 0.142. The van der Waals surface area contributed by atoms with Crippen LogP contribution in [0, 0.1) is 17.8 Å². The molecule has 332 valence electrons. The molecule has 3 aliphatic carbocycles. The summed E-state index contributed by atoms with van der Waals surface area (Å²) in [4.78, 5) is 0. The van der Waals surface area contributed by atoms with Gasteiger partial charge >= 0.3 is 0 Å². The minimum absolute atomic E-state index is 0. The Morgan fingerprint density at radius 3 is 0.724 bits per heavy atom. The minimum atomic E-state index is 0. The SMILES string of the molecule is C.C.C.CNC(CC(C)C)C1(c2ccc(Cl)cc2)CCC1.CN[C@H](CC(C)C)C1(c2ccc(Cl)cc2)CCC1.CN[C@H](CC(C)C)C1(c2ccc(Cl)cc2)CCC1.Cl. The van der Waals surface area contributed by atoms with Crippen LogP contribution in [0.5, 0.6) is 0 Å². The van der Waals surface area contributed by atoms with Crippen LogP contribution in [0.15, 0.2) is 72.8 Å². The van der Waals surface area contributed by atoms with Crippen LogP contribution in [0.25, 0.3) is 0 Å². The first-order chi connectivity index (χ1) is 25.7. The predicted octanol–water partition coefficient (Wildman–Crippen LogP) is 15.5. The molecule has 0 radical (unpaired) electrons. The number of hydrogen-bond acceptors (Lipinski definition) is 3. The maximum Gasteiger partial charge on any atom is 0.0406 e. The molecule has 3 saturated carbocycles. The summed E-state index contributed by atoms with van der Waals surface area (Å²) in [5.74, 6) is 2.19. The van der Waals surface area contributed by atoms with E-state index in [1.807, 2.05) is 36.4 Å². The number of benzene rings is 3. The van der Waals surface area contributed by atoms with E-state index in [4.69, 9.17) is 34.8 Å². The fraction of sp³-hybridized carbons (Fsp3) is 0.647. The zero-order valence-electron chi connectivity index (χ0n) is 35.4. The monoisotopic (exact) mass is 880 g/mol. The lowest BCUT2D eigenvalue weighted by atomic mass is 9.59. The molecule has 3 aromatic carbocycles. The Morgan fingerprint density at radius 1 is 0.414 bits per heavy atom. The van der Waals surface area contributed by atoms with Crippen molar-refractivity contribution in [2.24, 2.45) is 17.8 Å². The molecule has 6 rings (SSSR count). The summed E-state index contributed by atoms with van der Waals surface area (Å²) < 4.78 is 0. The molecule has 3 atom stereocenters. The summed E-state index contributed by atoms with van der Waals surface area (Å²) in [5.41, 5.74) is 5.38. The number of likely N-dealkylation sites (N-methyl/N-ethyl adjacent to an activating group) is 3. The fourth-order valence-electron chi connectivity index (χ4n) is 9.81. The Balaban J connectivity index is 0.000000812. The summed E-state index contributed by atoms with van der Waals surface area (Å²) in [6.07, 6.45) is 15.5. The van der Waals surface area contributed by atoms with Gasteiger partial charge in [0.05, 0.1) is 0 Å². The number of hydrogen-bond donors (Lipinski definition) is 3. The Morgan fingerprint density at radius 2 is 0.603 bits per heavy atom. The first-order valence-electron chi connectivity index (χ1n) is 21.0. The highest BCUT2D eigenvalue weighted by Crippen LogP contribution is 2.50. The van der Waals surface area contributed by atoms with Crippen molar-refractivity contribution in [2.45, 2.75) is 175 Å². The minimum Gasteiger partial charge on any atom is -0.316 e. The average molecular weight is 882 g/mol. The van der Waals surface area contributed by atoms with Gasteiger partial charge in [-0.25, -0.2) is 0 Å². The average Bonchev–Trinajstić information content (AvgIpc) is 3.08. The van der Waals surface area contributed by atoms with Crippen LogP contribution >= 0.6 is 47.2 Å². The fourth-order valence-corrected chi connectivity index (χ4v) is 10.2. The molecule has 0 aromatic heterocycles. The Bertz CT molecular complexity index is 1320. The zero-order chi connectivity index (χ0) is 39.5. The van der Waals surface area contributed by atoms with E-state index in [1.165, 1.54) is 93.7 Å². The van der Waals surface area contributed by atoms with Gasteiger partial charge in [-0.05, 0) is 150 Å². The molecule has 3 aromatic rings. The third kappa shape index (κ3) is 13.9. The van der Waals surface area contributed by atoms with Crippen molar-refractivity contribution in [3.05, 3.63) is 105 Å². The zero-order valence-corrected chi connectivity index (χ0v) is 38.5. The van der Waals surface area contributed by atoms with Gasteiger partial charge in [0.25, 0.3) is 0 Å². The molecule has 0 spiro atoms. The first kappa shape index (κ1) is 56.7. The Labute approximate surface area is 379 Å². The van der Waals surface area contributed by atoms with Crippen molar-refractivity contribution in [3.8, 4) is 0 Å². The third-order valence-corrected chi connectivity index (χ3v) is 13.9. The van der Waals surface area contributed by atoms with Crippen LogP contribution < -0.4 is 16.0 Å². The lowest BCUT2D eigenvalue weighted by Crippen LogP contribution is -2.52. The molecule has 7 heteroatoms. The van der Waals surface area contributed by atoms with E-state index >= 15 is 0 Å². The van der Waals surface area contributed by atoms with Crippen molar-refractivity contribution in [1.82, 2.24) is 16.0 Å². The standard InChI is InChI=1S/3C16H24ClN.3CH4.ClH/c3*1-12(2)11-15(18-3)16(9-4-10-16)13-5-7-14(17)8-6-13;;;;/h3*5-8,12,15,18H,4,9-11H2,1-3H3;3*1H4;1H/t2*15-;;;;;/m11...../s1. The predicted molar refractivity (Wildman–Crippen MR) is 265 cm³/mol. The third-order valence-electron chi connectivity index (χ3n) is 13.2. The largest absolute Gasteiger partial charge is 0.316 e. The smallest absolute Gasteiger partial charge is 0.0406 e. The second kappa shape index (κ2) is 26.2. The molecular formula is C51H85Cl4N3. The van der Waals surface area contributed by atoms with Gasteiger partial charge in [0.2, 0.25) is 0 Å². The van der Waals surface area contributed by atoms with E-state index < -0.39 is 0 Å². The Hall–Kier alpha value is -1.30. The molecule has 1 unspecified atom stereocenters. The van der Waals surface area contributed by atoms with E-state index in [0.29, 0.717) is 34.4 Å². The van der Waals surface area contributed by atoms with Gasteiger partial charge in [0.15, 0.2) is 0 Å². The molecule has 0 bridgehead atoms. The summed E-state index contributed by atoms with van der Waals surface area (Å²) in [6, 6.07) is 27.2. The van der Waals surface area contributed by atoms with Crippen LogP contribution in [0.2, 0.25) is 15.1 Å². The molecule has 0 amide bonds. The second-order valence-corrected chi connectivity index (χ2v) is 19.3. The van der Waals surface area contributed by atoms with Crippen LogP contribution in [0.4, 0.5) is 0 Å². The summed E-state index contributed by atoms with van der Waals surface area (Å²) in [6.45, 7) is 13.8. The molecule has 3 aliphatic rings. The van der Waals surface area contributed by atoms with Crippen LogP contribution in [0.3, 0.4) is 0 Å². The number of nitrogens with one attached hydrogen (secondary N) is 3. The lowest BCUT2D eigenvalue weighted by molar-refractivity contribution is 0.157. The molecule has 3 nitrogen and oxygen atoms in total. The van der Waals surface area contributed by atoms with Crippen LogP contribution in [0.1, 0.15) is 158 Å². The maximum atomic E-state index is 6.01. The molecule has 58 heavy (non-hydrogen) atoms. The molecule has 0 heterocycles. The molecule has 3 fully saturated rings. The van der Waals surface area contributed by atoms with Gasteiger partial charge in [0, 0.05) is 49.4 Å². The van der Waals surface area contributed by atoms with Gasteiger partial charge in [-0.2, -0.15) is 0 Å². The summed E-state index contributed by atoms with van der Waals surface area (Å²) in [5, 5.41) is 13.2. The van der Waals surface area contributed by atoms with Crippen molar-refractivity contribution in [2.75, 3.05) is 21.1 Å². The molecule has 0 aliphatic heterocycles.